The van der Waals surface area contributed by atoms with Crippen LogP contribution in [0.1, 0.15) is 78.7 Å². The summed E-state index contributed by atoms with van der Waals surface area (Å²) in [4.78, 5) is 81.5. The summed E-state index contributed by atoms with van der Waals surface area (Å²) in [5.41, 5.74) is -1.29. The van der Waals surface area contributed by atoms with Crippen molar-refractivity contribution in [2.24, 2.45) is 0 Å². The molecule has 1 aromatic rings. The lowest BCUT2D eigenvalue weighted by atomic mass is 9.93. The number of halogens is 1. The van der Waals surface area contributed by atoms with Gasteiger partial charge < -0.3 is 38.6 Å². The summed E-state index contributed by atoms with van der Waals surface area (Å²) in [6, 6.07) is 2.47. The predicted octanol–water partition coefficient (Wildman–Crippen LogP) is 4.39. The number of carbonyl (C=O) groups is 6. The minimum Gasteiger partial charge on any atom is -0.495 e. The van der Waals surface area contributed by atoms with Crippen LogP contribution in [-0.2, 0) is 49.3 Å². The van der Waals surface area contributed by atoms with Gasteiger partial charge in [0.1, 0.15) is 40.7 Å². The number of esters is 1. The molecule has 17 heteroatoms. The van der Waals surface area contributed by atoms with Crippen LogP contribution in [0.4, 0.5) is 10.5 Å². The molecule has 1 fully saturated rings. The molecule has 5 amide bonds. The van der Waals surface area contributed by atoms with E-state index >= 15 is 0 Å². The maximum atomic E-state index is 14.2. The van der Waals surface area contributed by atoms with Crippen LogP contribution in [0.15, 0.2) is 48.1 Å². The molecule has 4 rings (SSSR count). The van der Waals surface area contributed by atoms with E-state index in [1.807, 2.05) is 13.0 Å². The van der Waals surface area contributed by atoms with Crippen LogP contribution < -0.4 is 15.0 Å². The minimum absolute atomic E-state index is 0.104. The van der Waals surface area contributed by atoms with Gasteiger partial charge in [0, 0.05) is 52.7 Å². The molecule has 6 atom stereocenters. The van der Waals surface area contributed by atoms with Crippen LogP contribution in [0.5, 0.6) is 5.75 Å². The number of aliphatic hydroxyl groups is 1. The van der Waals surface area contributed by atoms with E-state index in [9.17, 15) is 33.9 Å². The molecule has 1 aromatic carbocycles. The maximum Gasteiger partial charge on any atom is 0.409 e. The highest BCUT2D eigenvalue weighted by atomic mass is 35.5. The molecule has 324 valence electrons. The Hall–Kier alpha value is -4.77. The van der Waals surface area contributed by atoms with Crippen molar-refractivity contribution < 1.29 is 57.6 Å². The zero-order chi connectivity index (χ0) is 43.8. The number of imide groups is 1. The molecule has 3 aliphatic heterocycles. The van der Waals surface area contributed by atoms with Crippen molar-refractivity contribution >= 4 is 53.0 Å². The molecule has 0 aliphatic carbocycles. The highest BCUT2D eigenvalue weighted by Crippen LogP contribution is 2.38. The smallest absolute Gasteiger partial charge is 0.409 e. The highest BCUT2D eigenvalue weighted by molar-refractivity contribution is 6.35. The summed E-state index contributed by atoms with van der Waals surface area (Å²) in [5, 5.41) is 14.4. The Kier molecular flexibility index (Phi) is 15.9. The minimum atomic E-state index is -1.89. The van der Waals surface area contributed by atoms with Crippen molar-refractivity contribution in [3.8, 4) is 5.75 Å². The van der Waals surface area contributed by atoms with E-state index in [0.717, 1.165) is 16.0 Å². The number of alkyl carbamates (subject to hydrolysis) is 1. The Morgan fingerprint density at radius 1 is 1.10 bits per heavy atom. The van der Waals surface area contributed by atoms with Gasteiger partial charge in [0.2, 0.25) is 11.8 Å². The van der Waals surface area contributed by atoms with E-state index in [0.29, 0.717) is 37.1 Å². The normalized spacial score (nSPS) is 27.0. The van der Waals surface area contributed by atoms with E-state index in [-0.39, 0.29) is 42.1 Å². The molecule has 3 heterocycles. The second kappa shape index (κ2) is 20.0. The first-order valence-corrected chi connectivity index (χ1v) is 20.0. The first-order valence-electron chi connectivity index (χ1n) is 19.6. The van der Waals surface area contributed by atoms with Gasteiger partial charge in [0.05, 0.1) is 25.3 Å². The number of hydrogen-bond acceptors (Lipinski definition) is 12. The summed E-state index contributed by atoms with van der Waals surface area (Å²) >= 11 is 6.76. The number of amides is 5. The van der Waals surface area contributed by atoms with Gasteiger partial charge in [-0.2, -0.15) is 0 Å². The third-order valence-corrected chi connectivity index (χ3v) is 11.3. The van der Waals surface area contributed by atoms with Crippen LogP contribution in [0.25, 0.3) is 0 Å². The molecule has 59 heavy (non-hydrogen) atoms. The van der Waals surface area contributed by atoms with Gasteiger partial charge in [-0.25, -0.2) is 9.59 Å². The molecule has 0 spiro atoms. The van der Waals surface area contributed by atoms with Crippen molar-refractivity contribution in [2.45, 2.75) is 121 Å². The van der Waals surface area contributed by atoms with Crippen molar-refractivity contribution in [1.29, 1.82) is 0 Å². The molecule has 2 N–H and O–H groups in total. The number of nitrogens with zero attached hydrogens (tertiary/aromatic N) is 3. The first-order chi connectivity index (χ1) is 27.7. The molecular formula is C42H57ClN4O12. The summed E-state index contributed by atoms with van der Waals surface area (Å²) in [5.74, 6) is -2.00. The van der Waals surface area contributed by atoms with Gasteiger partial charge in [-0.1, -0.05) is 41.8 Å². The van der Waals surface area contributed by atoms with Gasteiger partial charge in [-0.05, 0) is 71.6 Å². The Morgan fingerprint density at radius 3 is 2.42 bits per heavy atom. The average molecular weight is 845 g/mol. The van der Waals surface area contributed by atoms with Crippen LogP contribution in [-0.4, -0.2) is 127 Å². The number of allylic oxidation sites excluding steroid dienone is 3. The van der Waals surface area contributed by atoms with Crippen molar-refractivity contribution in [3.05, 3.63) is 58.7 Å². The van der Waals surface area contributed by atoms with E-state index in [1.165, 1.54) is 50.1 Å². The van der Waals surface area contributed by atoms with Gasteiger partial charge >= 0.3 is 12.1 Å². The largest absolute Gasteiger partial charge is 0.495 e. The predicted molar refractivity (Wildman–Crippen MR) is 217 cm³/mol. The van der Waals surface area contributed by atoms with Crippen LogP contribution in [0.2, 0.25) is 5.02 Å². The summed E-state index contributed by atoms with van der Waals surface area (Å²) < 4.78 is 29.3. The third kappa shape index (κ3) is 11.7. The molecule has 1 saturated heterocycles. The van der Waals surface area contributed by atoms with Crippen molar-refractivity contribution in [2.75, 3.05) is 39.8 Å². The SMILES string of the molecule is COc1cc2cc(c1Cl)N(C)C(=O)C[C@H](OC(=O)[C@@H](C)N(C)C(=O)CCCCCN1C(=O)C=CC1=O)C(C)(C)OC(C)[C@@H]1C[C@@](O)(NC(=O)O1)[C@H](OC)/C=C/C=C(\C)C2. The number of ether oxygens (including phenoxy) is 5. The Labute approximate surface area is 350 Å². The Morgan fingerprint density at radius 2 is 1.78 bits per heavy atom. The second-order valence-electron chi connectivity index (χ2n) is 15.7. The summed E-state index contributed by atoms with van der Waals surface area (Å²) in [7, 11) is 5.90. The van der Waals surface area contributed by atoms with Crippen molar-refractivity contribution in [1.82, 2.24) is 15.1 Å². The average Bonchev–Trinajstić information content (AvgIpc) is 3.50. The van der Waals surface area contributed by atoms with E-state index in [2.05, 4.69) is 5.32 Å². The van der Waals surface area contributed by atoms with Gasteiger partial charge in [0.15, 0.2) is 5.72 Å². The number of unbranched alkanes of at least 4 members (excludes halogenated alkanes) is 2. The van der Waals surface area contributed by atoms with Gasteiger partial charge in [-0.15, -0.1) is 0 Å². The van der Waals surface area contributed by atoms with Crippen molar-refractivity contribution in [3.63, 3.8) is 0 Å². The lowest BCUT2D eigenvalue weighted by molar-refractivity contribution is -0.203. The summed E-state index contributed by atoms with van der Waals surface area (Å²) in [6.45, 7) is 8.54. The van der Waals surface area contributed by atoms with Crippen LogP contribution in [0.3, 0.4) is 0 Å². The van der Waals surface area contributed by atoms with Crippen LogP contribution in [0, 0.1) is 0 Å². The molecule has 1 unspecified atom stereocenters. The molecule has 3 aliphatic rings. The van der Waals surface area contributed by atoms with E-state index in [1.54, 1.807) is 52.1 Å². The number of anilines is 1. The lowest BCUT2D eigenvalue weighted by Crippen LogP contribution is -2.64. The van der Waals surface area contributed by atoms with Gasteiger partial charge in [-0.3, -0.25) is 29.4 Å². The number of rotatable bonds is 11. The molecule has 4 bridgehead atoms. The molecule has 0 aromatic heterocycles. The molecular weight excluding hydrogens is 788 g/mol. The number of nitrogens with one attached hydrogen (secondary N) is 1. The van der Waals surface area contributed by atoms with E-state index < -0.39 is 66.2 Å². The fourth-order valence-electron chi connectivity index (χ4n) is 7.11. The van der Waals surface area contributed by atoms with Gasteiger partial charge in [0.25, 0.3) is 11.8 Å². The lowest BCUT2D eigenvalue weighted by Gasteiger charge is -2.44. The fraction of sp³-hybridized carbons (Fsp3) is 0.571. The fourth-order valence-corrected chi connectivity index (χ4v) is 7.43. The number of methoxy groups -OCH3 is 2. The highest BCUT2D eigenvalue weighted by Gasteiger charge is 2.48. The molecule has 0 radical (unpaired) electrons. The first kappa shape index (κ1) is 46.9. The Balaban J connectivity index is 1.60. The summed E-state index contributed by atoms with van der Waals surface area (Å²) in [6.07, 6.45) is 4.11. The topological polar surface area (TPSA) is 191 Å². The standard InChI is InChI=1S/C42H57ClN4O12/c1-25-14-13-15-32(56-9)42(54)24-31(57-40(53)44-42)27(3)59-41(4,5)33(23-37(51)46(7)29-21-28(20-25)22-30(55-8)38(29)43)58-39(52)26(2)45(6)34(48)16-11-10-12-19-47-35(49)17-18-36(47)50/h13-15,17-18,21-22,26-27,31-33,54H,10-12,16,19-20,23-24H2,1-9H3,(H,44,53)/b15-13+,25-14+/t26-,27?,31+,32-,33+,42+/m1/s1. The molecule has 0 saturated carbocycles. The zero-order valence-electron chi connectivity index (χ0n) is 35.2. The monoisotopic (exact) mass is 844 g/mol. The number of hydrogen-bond donors (Lipinski definition) is 2. The third-order valence-electron chi connectivity index (χ3n) is 10.9. The number of fused-ring (bicyclic) bond motifs is 4. The van der Waals surface area contributed by atoms with E-state index in [4.69, 9.17) is 35.3 Å². The zero-order valence-corrected chi connectivity index (χ0v) is 36.0. The quantitative estimate of drug-likeness (QED) is 0.182. The number of likely N-dealkylation sites (N-methyl/N-ethyl adjacent to an activating group) is 1. The number of carbonyl (C=O) groups excluding carboxylic acids is 6. The second-order valence-corrected chi connectivity index (χ2v) is 16.1. The Bertz CT molecular complexity index is 1850. The maximum absolute atomic E-state index is 14.2. The molecule has 16 nitrogen and oxygen atoms in total. The van der Waals surface area contributed by atoms with Crippen LogP contribution >= 0.6 is 11.6 Å². The number of benzene rings is 1.